The molecule has 0 spiro atoms. The van der Waals surface area contributed by atoms with Gasteiger partial charge in [0, 0.05) is 0 Å². The van der Waals surface area contributed by atoms with Crippen LogP contribution >= 0.6 is 23.2 Å². The molecule has 0 saturated carbocycles. The Morgan fingerprint density at radius 3 is 2.00 bits per heavy atom. The van der Waals surface area contributed by atoms with Crippen LogP contribution < -0.4 is 0 Å². The summed E-state index contributed by atoms with van der Waals surface area (Å²) >= 11 is 10.8. The molecule has 0 saturated heterocycles. The molecule has 0 atom stereocenters. The maximum atomic E-state index is 5.42. The van der Waals surface area contributed by atoms with E-state index < -0.39 is 0 Å². The van der Waals surface area contributed by atoms with Crippen LogP contribution in [0.15, 0.2) is 0 Å². The molecule has 3 heteroatoms. The highest BCUT2D eigenvalue weighted by molar-refractivity contribution is 6.44. The molecule has 0 bridgehead atoms. The third-order valence-electron chi connectivity index (χ3n) is 0.776. The van der Waals surface area contributed by atoms with Crippen molar-refractivity contribution in [1.29, 1.82) is 0 Å². The summed E-state index contributed by atoms with van der Waals surface area (Å²) < 4.78 is 0. The number of halogens is 2. The van der Waals surface area contributed by atoms with Gasteiger partial charge in [0.2, 0.25) is 0 Å². The minimum absolute atomic E-state index is 0. The van der Waals surface area contributed by atoms with Gasteiger partial charge in [-0.25, -0.2) is 0 Å². The van der Waals surface area contributed by atoms with E-state index in [0.717, 1.165) is 12.8 Å². The van der Waals surface area contributed by atoms with Crippen molar-refractivity contribution in [2.45, 2.75) is 31.0 Å². The topological polar surface area (TPSA) is 0 Å². The fraction of sp³-hybridized carbons (Fsp3) is 1.00. The van der Waals surface area contributed by atoms with E-state index in [0.29, 0.717) is 0 Å². The first-order chi connectivity index (χ1) is 3.27. The molecule has 0 unspecified atom stereocenters. The molecule has 0 aliphatic heterocycles. The number of hydrogen-bond donors (Lipinski definition) is 0. The molecular weight excluding hydrogens is 158 g/mol. The van der Waals surface area contributed by atoms with Gasteiger partial charge in [-0.1, -0.05) is 19.8 Å². The van der Waals surface area contributed by atoms with Crippen LogP contribution in [0.25, 0.3) is 0 Å². The number of alkyl halides is 2. The van der Waals surface area contributed by atoms with Crippen molar-refractivity contribution >= 4 is 40.6 Å². The van der Waals surface area contributed by atoms with E-state index in [1.807, 2.05) is 0 Å². The first-order valence-corrected chi connectivity index (χ1v) is 3.42. The molecule has 8 heavy (non-hydrogen) atoms. The smallest absolute Gasteiger partial charge is 0.105 e. The maximum absolute atomic E-state index is 5.42. The van der Waals surface area contributed by atoms with E-state index >= 15 is 0 Å². The summed E-state index contributed by atoms with van der Waals surface area (Å²) in [7, 11) is 0. The van der Waals surface area contributed by atoms with Crippen LogP contribution in [0.4, 0.5) is 0 Å². The van der Waals surface area contributed by atoms with Gasteiger partial charge < -0.3 is 0 Å². The lowest BCUT2D eigenvalue weighted by Crippen LogP contribution is -1.83. The van der Waals surface area contributed by atoms with E-state index in [-0.39, 0.29) is 22.2 Å². The van der Waals surface area contributed by atoms with Crippen molar-refractivity contribution in [2.75, 3.05) is 0 Å². The molecule has 0 N–H and O–H groups in total. The summed E-state index contributed by atoms with van der Waals surface area (Å²) in [5, 5.41) is 0. The van der Waals surface area contributed by atoms with E-state index in [4.69, 9.17) is 23.2 Å². The van der Waals surface area contributed by atoms with Crippen LogP contribution in [0.1, 0.15) is 26.2 Å². The van der Waals surface area contributed by atoms with Gasteiger partial charge in [0.05, 0.1) is 0 Å². The monoisotopic (exact) mass is 170 g/mol. The predicted octanol–water partition coefficient (Wildman–Crippen LogP) is 1.80. The molecule has 0 fully saturated rings. The second-order valence-corrected chi connectivity index (χ2v) is 2.81. The maximum Gasteiger partial charge on any atom is 0.187 e. The Balaban J connectivity index is 0. The highest BCUT2D eigenvalue weighted by atomic mass is 35.5. The molecule has 0 nitrogen and oxygen atoms in total. The quantitative estimate of drug-likeness (QED) is 0.448. The van der Waals surface area contributed by atoms with Crippen molar-refractivity contribution < 1.29 is 0 Å². The van der Waals surface area contributed by atoms with Gasteiger partial charge in [0.25, 0.3) is 0 Å². The van der Waals surface area contributed by atoms with Gasteiger partial charge in [-0.15, -0.1) is 23.2 Å². The lowest BCUT2D eigenvalue weighted by molar-refractivity contribution is 0.756. The van der Waals surface area contributed by atoms with E-state index in [1.165, 1.54) is 6.42 Å². The van der Waals surface area contributed by atoms with Crippen LogP contribution in [-0.4, -0.2) is 22.2 Å². The molecule has 50 valence electrons. The van der Waals surface area contributed by atoms with Crippen molar-refractivity contribution in [3.05, 3.63) is 0 Å². The average Bonchev–Trinajstić information content (AvgIpc) is 1.61. The molecule has 0 amide bonds. The largest absolute Gasteiger partial charge is 0.187 e. The molecular formula is C5H13AlCl2. The Kier molecular flexibility index (Phi) is 12.0. The Bertz CT molecular complexity index is 39.4. The Hall–Kier alpha value is 1.11. The first kappa shape index (κ1) is 11.9. The Labute approximate surface area is 71.7 Å². The normalized spacial score (nSPS) is 9.00. The second kappa shape index (κ2) is 8.11. The third kappa shape index (κ3) is 10.2. The SMILES string of the molecule is CCCCC(Cl)Cl.[AlH3]. The molecule has 0 radical (unpaired) electrons. The van der Waals surface area contributed by atoms with Gasteiger partial charge >= 0.3 is 0 Å². The van der Waals surface area contributed by atoms with Crippen LogP contribution in [0, 0.1) is 0 Å². The van der Waals surface area contributed by atoms with Gasteiger partial charge in [-0.05, 0) is 6.42 Å². The minimum Gasteiger partial charge on any atom is -0.105 e. The lowest BCUT2D eigenvalue weighted by Gasteiger charge is -1.94. The molecule has 0 aliphatic carbocycles. The summed E-state index contributed by atoms with van der Waals surface area (Å²) in [4.78, 5) is -0.153. The Morgan fingerprint density at radius 2 is 1.88 bits per heavy atom. The second-order valence-electron chi connectivity index (χ2n) is 1.53. The number of rotatable bonds is 3. The highest BCUT2D eigenvalue weighted by Crippen LogP contribution is 2.10. The zero-order valence-corrected chi connectivity index (χ0v) is 5.97. The van der Waals surface area contributed by atoms with Crippen molar-refractivity contribution in [3.63, 3.8) is 0 Å². The predicted molar refractivity (Wildman–Crippen MR) is 45.0 cm³/mol. The highest BCUT2D eigenvalue weighted by Gasteiger charge is 1.93. The van der Waals surface area contributed by atoms with E-state index in [1.54, 1.807) is 0 Å². The summed E-state index contributed by atoms with van der Waals surface area (Å²) in [6.07, 6.45) is 3.24. The third-order valence-corrected chi connectivity index (χ3v) is 1.21. The average molecular weight is 171 g/mol. The number of hydrogen-bond acceptors (Lipinski definition) is 0. The lowest BCUT2D eigenvalue weighted by atomic mass is 10.3. The van der Waals surface area contributed by atoms with Crippen LogP contribution in [0.2, 0.25) is 0 Å². The summed E-state index contributed by atoms with van der Waals surface area (Å²) in [5.41, 5.74) is 0. The molecule has 0 rings (SSSR count). The van der Waals surface area contributed by atoms with Gasteiger partial charge in [-0.2, -0.15) is 0 Å². The van der Waals surface area contributed by atoms with Crippen LogP contribution in [0.3, 0.4) is 0 Å². The zero-order chi connectivity index (χ0) is 5.70. The van der Waals surface area contributed by atoms with Gasteiger partial charge in [-0.3, -0.25) is 0 Å². The molecule has 0 heterocycles. The van der Waals surface area contributed by atoms with E-state index in [2.05, 4.69) is 6.92 Å². The van der Waals surface area contributed by atoms with Crippen LogP contribution in [-0.2, 0) is 0 Å². The summed E-state index contributed by atoms with van der Waals surface area (Å²) in [6, 6.07) is 0. The molecule has 0 aliphatic rings. The fourth-order valence-corrected chi connectivity index (χ4v) is 0.667. The van der Waals surface area contributed by atoms with Crippen molar-refractivity contribution in [1.82, 2.24) is 0 Å². The molecule has 0 aromatic heterocycles. The van der Waals surface area contributed by atoms with E-state index in [9.17, 15) is 0 Å². The molecule has 0 aromatic rings. The molecule has 0 aromatic carbocycles. The summed E-state index contributed by atoms with van der Waals surface area (Å²) in [6.45, 7) is 2.12. The fourth-order valence-electron chi connectivity index (χ4n) is 0.358. The van der Waals surface area contributed by atoms with Crippen molar-refractivity contribution in [2.24, 2.45) is 0 Å². The van der Waals surface area contributed by atoms with Crippen LogP contribution in [0.5, 0.6) is 0 Å². The number of unbranched alkanes of at least 4 members (excludes halogenated alkanes) is 1. The van der Waals surface area contributed by atoms with Gasteiger partial charge in [0.1, 0.15) is 4.84 Å². The first-order valence-electron chi connectivity index (χ1n) is 2.55. The van der Waals surface area contributed by atoms with Crippen molar-refractivity contribution in [3.8, 4) is 0 Å². The summed E-state index contributed by atoms with van der Waals surface area (Å²) in [5.74, 6) is 0. The Morgan fingerprint density at radius 1 is 1.38 bits per heavy atom. The zero-order valence-electron chi connectivity index (χ0n) is 4.45. The standard InChI is InChI=1S/C5H10Cl2.Al.3H/c1-2-3-4-5(6)7;;;;/h5H,2-4H2,1H3;;;;. The minimum atomic E-state index is -0.153. The van der Waals surface area contributed by atoms with Gasteiger partial charge in [0.15, 0.2) is 17.4 Å².